The molecular weight excluding hydrogens is 270 g/mol. The molecule has 1 N–H and O–H groups in total. The van der Waals surface area contributed by atoms with Crippen LogP contribution in [0.4, 0.5) is 0 Å². The molecule has 6 heteroatoms. The molecule has 3 rings (SSSR count). The van der Waals surface area contributed by atoms with Crippen LogP contribution in [-0.2, 0) is 0 Å². The van der Waals surface area contributed by atoms with Crippen LogP contribution in [0.15, 0.2) is 17.8 Å². The Morgan fingerprint density at radius 2 is 2.00 bits per heavy atom. The maximum atomic E-state index is 4.77. The molecule has 1 aliphatic heterocycles. The lowest BCUT2D eigenvalue weighted by molar-refractivity contribution is 0.185. The van der Waals surface area contributed by atoms with Gasteiger partial charge in [-0.3, -0.25) is 14.9 Å². The average Bonchev–Trinajstić information content (AvgIpc) is 2.97. The topological polar surface area (TPSA) is 53.9 Å². The van der Waals surface area contributed by atoms with E-state index >= 15 is 0 Å². The molecule has 1 unspecified atom stereocenters. The van der Waals surface area contributed by atoms with E-state index in [0.29, 0.717) is 6.04 Å². The summed E-state index contributed by atoms with van der Waals surface area (Å²) in [7, 11) is 0. The first-order valence-electron chi connectivity index (χ1n) is 6.94. The first kappa shape index (κ1) is 13.6. The van der Waals surface area contributed by atoms with Crippen molar-refractivity contribution in [1.82, 2.24) is 25.2 Å². The highest BCUT2D eigenvalue weighted by Gasteiger charge is 2.21. The first-order valence-corrected chi connectivity index (χ1v) is 7.82. The highest BCUT2D eigenvalue weighted by molar-refractivity contribution is 7.10. The number of rotatable bonds is 3. The van der Waals surface area contributed by atoms with Gasteiger partial charge in [0.05, 0.1) is 11.7 Å². The second kappa shape index (κ2) is 5.95. The summed E-state index contributed by atoms with van der Waals surface area (Å²) in [4.78, 5) is 15.9. The summed E-state index contributed by atoms with van der Waals surface area (Å²) in [6.07, 6.45) is 3.44. The van der Waals surface area contributed by atoms with Gasteiger partial charge in [-0.15, -0.1) is 11.3 Å². The maximum absolute atomic E-state index is 4.77. The number of aryl methyl sites for hydroxylation is 1. The van der Waals surface area contributed by atoms with E-state index in [1.807, 2.05) is 6.92 Å². The van der Waals surface area contributed by atoms with Crippen molar-refractivity contribution in [2.24, 2.45) is 0 Å². The molecule has 2 aromatic heterocycles. The van der Waals surface area contributed by atoms with Gasteiger partial charge in [0.15, 0.2) is 0 Å². The standard InChI is InChI=1S/C14H19N5S/c1-10-13(17-4-3-16-10)12-9-20-14(18-12)11(2)19-7-5-15-6-8-19/h3-4,9,11,15H,5-8H2,1-2H3. The van der Waals surface area contributed by atoms with Gasteiger partial charge in [0.1, 0.15) is 16.4 Å². The Hall–Kier alpha value is -1.37. The van der Waals surface area contributed by atoms with E-state index in [9.17, 15) is 0 Å². The Morgan fingerprint density at radius 1 is 1.25 bits per heavy atom. The lowest BCUT2D eigenvalue weighted by Gasteiger charge is -2.31. The van der Waals surface area contributed by atoms with E-state index in [1.165, 1.54) is 0 Å². The van der Waals surface area contributed by atoms with Crippen molar-refractivity contribution in [1.29, 1.82) is 0 Å². The van der Waals surface area contributed by atoms with Crippen LogP contribution in [0.5, 0.6) is 0 Å². The lowest BCUT2D eigenvalue weighted by atomic mass is 10.2. The van der Waals surface area contributed by atoms with Crippen LogP contribution in [0, 0.1) is 6.92 Å². The normalized spacial score (nSPS) is 18.1. The summed E-state index contributed by atoms with van der Waals surface area (Å²) >= 11 is 1.71. The Morgan fingerprint density at radius 3 is 2.75 bits per heavy atom. The van der Waals surface area contributed by atoms with E-state index < -0.39 is 0 Å². The molecule has 3 heterocycles. The molecule has 2 aromatic rings. The Balaban J connectivity index is 1.81. The van der Waals surface area contributed by atoms with Crippen LogP contribution in [0.25, 0.3) is 11.4 Å². The number of nitrogens with zero attached hydrogens (tertiary/aromatic N) is 4. The summed E-state index contributed by atoms with van der Waals surface area (Å²) in [6, 6.07) is 0.368. The number of thiazole rings is 1. The van der Waals surface area contributed by atoms with Crippen LogP contribution >= 0.6 is 11.3 Å². The van der Waals surface area contributed by atoms with E-state index in [-0.39, 0.29) is 0 Å². The Bertz CT molecular complexity index is 576. The highest BCUT2D eigenvalue weighted by Crippen LogP contribution is 2.28. The third-order valence-corrected chi connectivity index (χ3v) is 4.72. The van der Waals surface area contributed by atoms with Crippen LogP contribution < -0.4 is 5.32 Å². The quantitative estimate of drug-likeness (QED) is 0.935. The second-order valence-electron chi connectivity index (χ2n) is 5.02. The van der Waals surface area contributed by atoms with E-state index in [0.717, 1.165) is 48.3 Å². The zero-order valence-corrected chi connectivity index (χ0v) is 12.7. The molecule has 1 atom stereocenters. The first-order chi connectivity index (χ1) is 9.75. The molecule has 5 nitrogen and oxygen atoms in total. The molecule has 1 aliphatic rings. The second-order valence-corrected chi connectivity index (χ2v) is 5.91. The predicted molar refractivity (Wildman–Crippen MR) is 80.7 cm³/mol. The van der Waals surface area contributed by atoms with Crippen molar-refractivity contribution in [3.05, 3.63) is 28.5 Å². The third kappa shape index (κ3) is 2.72. The zero-order valence-electron chi connectivity index (χ0n) is 11.8. The Labute approximate surface area is 123 Å². The van der Waals surface area contributed by atoms with Gasteiger partial charge in [0.2, 0.25) is 0 Å². The zero-order chi connectivity index (χ0) is 13.9. The fourth-order valence-electron chi connectivity index (χ4n) is 2.47. The molecular formula is C14H19N5S. The van der Waals surface area contributed by atoms with Crippen LogP contribution in [-0.4, -0.2) is 46.0 Å². The summed E-state index contributed by atoms with van der Waals surface area (Å²) in [6.45, 7) is 8.50. The van der Waals surface area contributed by atoms with Crippen molar-refractivity contribution < 1.29 is 0 Å². The third-order valence-electron chi connectivity index (χ3n) is 3.70. The fourth-order valence-corrected chi connectivity index (χ4v) is 3.37. The molecule has 0 radical (unpaired) electrons. The smallest absolute Gasteiger partial charge is 0.111 e. The molecule has 0 bridgehead atoms. The molecule has 1 saturated heterocycles. The van der Waals surface area contributed by atoms with Crippen molar-refractivity contribution in [3.8, 4) is 11.4 Å². The van der Waals surface area contributed by atoms with E-state index in [4.69, 9.17) is 4.98 Å². The summed E-state index contributed by atoms with van der Waals surface area (Å²) in [5.74, 6) is 0. The highest BCUT2D eigenvalue weighted by atomic mass is 32.1. The summed E-state index contributed by atoms with van der Waals surface area (Å²) < 4.78 is 0. The minimum Gasteiger partial charge on any atom is -0.314 e. The largest absolute Gasteiger partial charge is 0.314 e. The van der Waals surface area contributed by atoms with Crippen molar-refractivity contribution in [3.63, 3.8) is 0 Å². The van der Waals surface area contributed by atoms with Gasteiger partial charge in [-0.05, 0) is 13.8 Å². The summed E-state index contributed by atoms with van der Waals surface area (Å²) in [5.41, 5.74) is 2.76. The lowest BCUT2D eigenvalue weighted by Crippen LogP contribution is -2.44. The van der Waals surface area contributed by atoms with Gasteiger partial charge in [-0.1, -0.05) is 0 Å². The minimum atomic E-state index is 0.368. The molecule has 0 spiro atoms. The number of hydrogen-bond donors (Lipinski definition) is 1. The van der Waals surface area contributed by atoms with Gasteiger partial charge >= 0.3 is 0 Å². The predicted octanol–water partition coefficient (Wildman–Crippen LogP) is 1.87. The van der Waals surface area contributed by atoms with Crippen LogP contribution in [0.2, 0.25) is 0 Å². The molecule has 0 aromatic carbocycles. The molecule has 106 valence electrons. The van der Waals surface area contributed by atoms with Gasteiger partial charge in [-0.2, -0.15) is 0 Å². The van der Waals surface area contributed by atoms with Gasteiger partial charge < -0.3 is 5.32 Å². The molecule has 0 aliphatic carbocycles. The molecule has 0 saturated carbocycles. The SMILES string of the molecule is Cc1nccnc1-c1csc(C(C)N2CCNCC2)n1. The van der Waals surface area contributed by atoms with E-state index in [2.05, 4.69) is 32.5 Å². The average molecular weight is 289 g/mol. The van der Waals surface area contributed by atoms with Crippen molar-refractivity contribution in [2.45, 2.75) is 19.9 Å². The van der Waals surface area contributed by atoms with E-state index in [1.54, 1.807) is 23.7 Å². The number of hydrogen-bond acceptors (Lipinski definition) is 6. The van der Waals surface area contributed by atoms with Crippen LogP contribution in [0.1, 0.15) is 23.7 Å². The number of aromatic nitrogens is 3. The fraction of sp³-hybridized carbons (Fsp3) is 0.500. The summed E-state index contributed by atoms with van der Waals surface area (Å²) in [5, 5.41) is 6.63. The minimum absolute atomic E-state index is 0.368. The molecule has 1 fully saturated rings. The van der Waals surface area contributed by atoms with Gasteiger partial charge in [0.25, 0.3) is 0 Å². The van der Waals surface area contributed by atoms with Gasteiger partial charge in [-0.25, -0.2) is 4.98 Å². The number of piperazine rings is 1. The van der Waals surface area contributed by atoms with Crippen LogP contribution in [0.3, 0.4) is 0 Å². The molecule has 0 amide bonds. The Kier molecular flexibility index (Phi) is 4.05. The monoisotopic (exact) mass is 289 g/mol. The maximum Gasteiger partial charge on any atom is 0.111 e. The molecule has 20 heavy (non-hydrogen) atoms. The van der Waals surface area contributed by atoms with Gasteiger partial charge in [0, 0.05) is 44.0 Å². The van der Waals surface area contributed by atoms with Crippen molar-refractivity contribution in [2.75, 3.05) is 26.2 Å². The number of nitrogens with one attached hydrogen (secondary N) is 1. The van der Waals surface area contributed by atoms with Crippen molar-refractivity contribution >= 4 is 11.3 Å².